The zero-order valence-corrected chi connectivity index (χ0v) is 12.2. The van der Waals surface area contributed by atoms with E-state index in [4.69, 9.17) is 0 Å². The molecule has 12 atom stereocenters. The first-order valence-corrected chi connectivity index (χ1v) is 9.67. The van der Waals surface area contributed by atoms with Crippen molar-refractivity contribution in [1.82, 2.24) is 0 Å². The summed E-state index contributed by atoms with van der Waals surface area (Å²) in [5.74, 6) is 14.4. The van der Waals surface area contributed by atoms with E-state index in [1.54, 1.807) is 38.5 Å². The maximum absolute atomic E-state index is 2.10. The summed E-state index contributed by atoms with van der Waals surface area (Å²) in [6, 6.07) is 0. The van der Waals surface area contributed by atoms with Crippen molar-refractivity contribution < 1.29 is 0 Å². The van der Waals surface area contributed by atoms with Crippen LogP contribution in [-0.4, -0.2) is 0 Å². The molecule has 104 valence electrons. The van der Waals surface area contributed by atoms with E-state index in [1.165, 1.54) is 59.2 Å². The van der Waals surface area contributed by atoms with Gasteiger partial charge in [-0.15, -0.1) is 0 Å². The number of fused-ring (bicyclic) bond motifs is 13. The molecule has 6 saturated carbocycles. The Bertz CT molecular complexity index is 593. The Hall–Kier alpha value is -0.260. The Morgan fingerprint density at radius 3 is 1.90 bits per heavy atom. The Labute approximate surface area is 121 Å². The Kier molecular flexibility index (Phi) is 1.25. The van der Waals surface area contributed by atoms with Gasteiger partial charge >= 0.3 is 0 Å². The minimum Gasteiger partial charge on any atom is -0.0627 e. The van der Waals surface area contributed by atoms with Crippen molar-refractivity contribution in [3.8, 4) is 0 Å². The van der Waals surface area contributed by atoms with E-state index in [1.807, 2.05) is 0 Å². The molecule has 0 saturated heterocycles. The molecule has 0 N–H and O–H groups in total. The van der Waals surface area contributed by atoms with Gasteiger partial charge in [-0.3, -0.25) is 0 Å². The van der Waals surface area contributed by atoms with Gasteiger partial charge in [0.15, 0.2) is 0 Å². The quantitative estimate of drug-likeness (QED) is 0.493. The van der Waals surface area contributed by atoms with Crippen LogP contribution in [0, 0.1) is 71.0 Å². The molecule has 0 radical (unpaired) electrons. The molecule has 0 aromatic rings. The van der Waals surface area contributed by atoms with Crippen molar-refractivity contribution in [2.75, 3.05) is 0 Å². The van der Waals surface area contributed by atoms with Crippen LogP contribution in [0.1, 0.15) is 38.5 Å². The van der Waals surface area contributed by atoms with Crippen molar-refractivity contribution in [2.24, 2.45) is 71.0 Å². The van der Waals surface area contributed by atoms with Crippen LogP contribution in [0.15, 0.2) is 11.1 Å². The molecule has 20 heavy (non-hydrogen) atoms. The van der Waals surface area contributed by atoms with Crippen molar-refractivity contribution in [2.45, 2.75) is 38.5 Å². The van der Waals surface area contributed by atoms with E-state index in [0.717, 1.165) is 11.8 Å². The summed E-state index contributed by atoms with van der Waals surface area (Å²) in [6.07, 6.45) is 9.74. The van der Waals surface area contributed by atoms with Crippen LogP contribution in [0.4, 0.5) is 0 Å². The molecule has 12 unspecified atom stereocenters. The molecule has 0 heterocycles. The standard InChI is InChI=1S/C20H24/c1-2-8-7(1)11-5-12(15(8)11)13-6-14-16(13)20-18-10-4-3-9(10)17(18)19(14)20/h7-18H,1-6H2. The van der Waals surface area contributed by atoms with E-state index in [0.29, 0.717) is 0 Å². The lowest BCUT2D eigenvalue weighted by Crippen LogP contribution is -2.73. The van der Waals surface area contributed by atoms with E-state index in [2.05, 4.69) is 11.1 Å². The van der Waals surface area contributed by atoms with Crippen LogP contribution < -0.4 is 0 Å². The summed E-state index contributed by atoms with van der Waals surface area (Å²) in [6.45, 7) is 0. The molecule has 0 spiro atoms. The molecule has 0 nitrogen and oxygen atoms in total. The average Bonchev–Trinajstić information content (AvgIpc) is 2.36. The monoisotopic (exact) mass is 264 g/mol. The predicted octanol–water partition coefficient (Wildman–Crippen LogP) is 4.13. The van der Waals surface area contributed by atoms with Gasteiger partial charge in [0.2, 0.25) is 0 Å². The molecule has 8 aliphatic carbocycles. The number of hydrogen-bond acceptors (Lipinski definition) is 0. The van der Waals surface area contributed by atoms with Crippen molar-refractivity contribution in [3.63, 3.8) is 0 Å². The Balaban J connectivity index is 1.09. The van der Waals surface area contributed by atoms with Gasteiger partial charge in [-0.05, 0) is 110 Å². The second-order valence-corrected chi connectivity index (χ2v) is 9.94. The third-order valence-electron chi connectivity index (χ3n) is 10.4. The topological polar surface area (TPSA) is 0 Å². The fourth-order valence-corrected chi connectivity index (χ4v) is 9.37. The van der Waals surface area contributed by atoms with Gasteiger partial charge < -0.3 is 0 Å². The van der Waals surface area contributed by atoms with Crippen molar-refractivity contribution in [3.05, 3.63) is 11.1 Å². The average molecular weight is 264 g/mol. The minimum atomic E-state index is 1.15. The highest BCUT2D eigenvalue weighted by atomic mass is 14.8. The highest BCUT2D eigenvalue weighted by Gasteiger charge is 2.75. The van der Waals surface area contributed by atoms with Gasteiger partial charge in [0.05, 0.1) is 0 Å². The molecule has 8 aliphatic rings. The second kappa shape index (κ2) is 2.59. The van der Waals surface area contributed by atoms with Gasteiger partial charge in [0.25, 0.3) is 0 Å². The fourth-order valence-electron chi connectivity index (χ4n) is 9.37. The van der Waals surface area contributed by atoms with E-state index in [-0.39, 0.29) is 0 Å². The van der Waals surface area contributed by atoms with Crippen LogP contribution in [0.25, 0.3) is 0 Å². The highest BCUT2D eigenvalue weighted by molar-refractivity contribution is 5.55. The van der Waals surface area contributed by atoms with Crippen molar-refractivity contribution >= 4 is 0 Å². The van der Waals surface area contributed by atoms with E-state index < -0.39 is 0 Å². The molecule has 0 aromatic heterocycles. The van der Waals surface area contributed by atoms with Gasteiger partial charge in [0.1, 0.15) is 0 Å². The smallest absolute Gasteiger partial charge is 0.00974 e. The molecule has 0 amide bonds. The lowest BCUT2D eigenvalue weighted by atomic mass is 9.24. The Morgan fingerprint density at radius 1 is 0.500 bits per heavy atom. The SMILES string of the molecule is C1CC2C1C1CC(C3CC4C5=C(C43)C3C4CCC4C53)C21. The predicted molar refractivity (Wildman–Crippen MR) is 76.6 cm³/mol. The Morgan fingerprint density at radius 2 is 1.20 bits per heavy atom. The van der Waals surface area contributed by atoms with Crippen LogP contribution in [0.5, 0.6) is 0 Å². The molecule has 8 rings (SSSR count). The third-order valence-corrected chi connectivity index (χ3v) is 10.4. The first-order valence-electron chi connectivity index (χ1n) is 9.67. The molecule has 6 fully saturated rings. The first-order chi connectivity index (χ1) is 9.93. The van der Waals surface area contributed by atoms with Crippen LogP contribution in [0.2, 0.25) is 0 Å². The number of rotatable bonds is 1. The summed E-state index contributed by atoms with van der Waals surface area (Å²) in [5.41, 5.74) is 4.17. The molecule has 0 heteroatoms. The number of allylic oxidation sites excluding steroid dienone is 2. The summed E-state index contributed by atoms with van der Waals surface area (Å²) in [7, 11) is 0. The van der Waals surface area contributed by atoms with Gasteiger partial charge in [0, 0.05) is 0 Å². The number of hydrogen-bond donors (Lipinski definition) is 0. The second-order valence-electron chi connectivity index (χ2n) is 9.94. The molecule has 0 bridgehead atoms. The molecule has 0 aromatic carbocycles. The first kappa shape index (κ1) is 9.70. The van der Waals surface area contributed by atoms with E-state index in [9.17, 15) is 0 Å². The van der Waals surface area contributed by atoms with Crippen LogP contribution in [0.3, 0.4) is 0 Å². The lowest BCUT2D eigenvalue weighted by molar-refractivity contribution is -0.248. The normalized spacial score (nSPS) is 75.6. The van der Waals surface area contributed by atoms with Gasteiger partial charge in [-0.25, -0.2) is 0 Å². The largest absolute Gasteiger partial charge is 0.0627 e. The maximum Gasteiger partial charge on any atom is -0.00974 e. The molecular weight excluding hydrogens is 240 g/mol. The summed E-state index contributed by atoms with van der Waals surface area (Å²) >= 11 is 0. The third kappa shape index (κ3) is 0.676. The zero-order chi connectivity index (χ0) is 12.3. The molecule has 0 aliphatic heterocycles. The summed E-state index contributed by atoms with van der Waals surface area (Å²) in [4.78, 5) is 0. The molecular formula is C20H24. The highest BCUT2D eigenvalue weighted by Crippen LogP contribution is 2.83. The van der Waals surface area contributed by atoms with E-state index >= 15 is 0 Å². The zero-order valence-electron chi connectivity index (χ0n) is 12.2. The van der Waals surface area contributed by atoms with Gasteiger partial charge in [-0.1, -0.05) is 11.1 Å². The maximum atomic E-state index is 2.10. The minimum absolute atomic E-state index is 1.15. The van der Waals surface area contributed by atoms with Crippen LogP contribution in [-0.2, 0) is 0 Å². The summed E-state index contributed by atoms with van der Waals surface area (Å²) < 4.78 is 0. The van der Waals surface area contributed by atoms with Gasteiger partial charge in [-0.2, -0.15) is 0 Å². The van der Waals surface area contributed by atoms with Crippen molar-refractivity contribution in [1.29, 1.82) is 0 Å². The fraction of sp³-hybridized carbons (Fsp3) is 0.900. The van der Waals surface area contributed by atoms with Crippen LogP contribution >= 0.6 is 0 Å². The lowest BCUT2D eigenvalue weighted by Gasteiger charge is -2.80. The summed E-state index contributed by atoms with van der Waals surface area (Å²) in [5, 5.41) is 0.